The number of hydrogen-bond acceptors (Lipinski definition) is 1. The lowest BCUT2D eigenvalue weighted by molar-refractivity contribution is 1.17. The summed E-state index contributed by atoms with van der Waals surface area (Å²) in [5, 5.41) is 5.01. The monoisotopic (exact) mass is 665 g/mol. The average Bonchev–Trinajstić information content (AvgIpc) is 3.72. The van der Waals surface area contributed by atoms with Crippen LogP contribution in [0.3, 0.4) is 0 Å². The quantitative estimate of drug-likeness (QED) is 0.172. The minimum Gasteiger partial charge on any atom is -0.311 e. The summed E-state index contributed by atoms with van der Waals surface area (Å²) >= 11 is 0. The maximum Gasteiger partial charge on any atom is 0.0541 e. The molecule has 3 nitrogen and oxygen atoms in total. The molecule has 0 radical (unpaired) electrons. The van der Waals surface area contributed by atoms with Crippen molar-refractivity contribution < 1.29 is 0 Å². The maximum atomic E-state index is 2.40. The van der Waals surface area contributed by atoms with Gasteiger partial charge in [0.1, 0.15) is 0 Å². The normalized spacial score (nSPS) is 11.6. The number of aryl methyl sites for hydroxylation is 1. The lowest BCUT2D eigenvalue weighted by Crippen LogP contribution is -2.10. The molecule has 0 unspecified atom stereocenters. The second-order valence-electron chi connectivity index (χ2n) is 13.5. The molecule has 8 aromatic carbocycles. The SMILES string of the molecule is Cc1ccc(N(c2ccccc2)c2ccc(-n3c4ccccc4c4cc(-c5ccc6c(c5)c5ccccc5n6-c5ccccc5)ccc43)cc2)cc1. The summed E-state index contributed by atoms with van der Waals surface area (Å²) in [6.07, 6.45) is 0. The fourth-order valence-corrected chi connectivity index (χ4v) is 7.91. The lowest BCUT2D eigenvalue weighted by Gasteiger charge is -2.26. The number of hydrogen-bond donors (Lipinski definition) is 0. The van der Waals surface area contributed by atoms with Gasteiger partial charge >= 0.3 is 0 Å². The van der Waals surface area contributed by atoms with Crippen LogP contribution in [0, 0.1) is 6.92 Å². The van der Waals surface area contributed by atoms with E-state index >= 15 is 0 Å². The molecule has 0 amide bonds. The van der Waals surface area contributed by atoms with Crippen LogP contribution in [-0.2, 0) is 0 Å². The number of para-hydroxylation sites is 4. The van der Waals surface area contributed by atoms with E-state index in [1.807, 2.05) is 0 Å². The molecule has 0 aliphatic heterocycles. The fraction of sp³-hybridized carbons (Fsp3) is 0.0204. The van der Waals surface area contributed by atoms with Crippen molar-refractivity contribution in [3.8, 4) is 22.5 Å². The Morgan fingerprint density at radius 1 is 0.327 bits per heavy atom. The number of anilines is 3. The Bertz CT molecular complexity index is 2880. The second kappa shape index (κ2) is 12.2. The highest BCUT2D eigenvalue weighted by atomic mass is 15.1. The van der Waals surface area contributed by atoms with Crippen molar-refractivity contribution in [1.29, 1.82) is 0 Å². The van der Waals surface area contributed by atoms with Crippen LogP contribution in [0.15, 0.2) is 194 Å². The Kier molecular flexibility index (Phi) is 7.04. The zero-order chi connectivity index (χ0) is 34.6. The minimum atomic E-state index is 1.12. The highest BCUT2D eigenvalue weighted by molar-refractivity contribution is 6.12. The topological polar surface area (TPSA) is 13.1 Å². The lowest BCUT2D eigenvalue weighted by atomic mass is 10.0. The van der Waals surface area contributed by atoms with E-state index in [-0.39, 0.29) is 0 Å². The number of nitrogens with zero attached hydrogens (tertiary/aromatic N) is 3. The molecule has 0 spiro atoms. The third kappa shape index (κ3) is 4.90. The van der Waals surface area contributed by atoms with Crippen molar-refractivity contribution in [3.63, 3.8) is 0 Å². The molecule has 246 valence electrons. The van der Waals surface area contributed by atoms with Crippen LogP contribution in [0.1, 0.15) is 5.56 Å². The molecule has 52 heavy (non-hydrogen) atoms. The highest BCUT2D eigenvalue weighted by Crippen LogP contribution is 2.39. The smallest absolute Gasteiger partial charge is 0.0541 e. The predicted molar refractivity (Wildman–Crippen MR) is 220 cm³/mol. The largest absolute Gasteiger partial charge is 0.311 e. The van der Waals surface area contributed by atoms with Crippen molar-refractivity contribution in [2.24, 2.45) is 0 Å². The van der Waals surface area contributed by atoms with Crippen LogP contribution in [-0.4, -0.2) is 9.13 Å². The van der Waals surface area contributed by atoms with Gasteiger partial charge in [0.05, 0.1) is 22.1 Å². The van der Waals surface area contributed by atoms with Gasteiger partial charge in [0.25, 0.3) is 0 Å². The Hall–Kier alpha value is -6.84. The Labute approximate surface area is 302 Å². The van der Waals surface area contributed by atoms with Crippen molar-refractivity contribution in [2.75, 3.05) is 4.90 Å². The third-order valence-electron chi connectivity index (χ3n) is 10.4. The Balaban J connectivity index is 1.08. The molecule has 0 atom stereocenters. The van der Waals surface area contributed by atoms with Gasteiger partial charge in [-0.05, 0) is 115 Å². The van der Waals surface area contributed by atoms with Crippen LogP contribution >= 0.6 is 0 Å². The second-order valence-corrected chi connectivity index (χ2v) is 13.5. The van der Waals surface area contributed by atoms with E-state index in [2.05, 4.69) is 215 Å². The van der Waals surface area contributed by atoms with Gasteiger partial charge in [0, 0.05) is 50.0 Å². The van der Waals surface area contributed by atoms with E-state index in [9.17, 15) is 0 Å². The van der Waals surface area contributed by atoms with Gasteiger partial charge in [0.2, 0.25) is 0 Å². The summed E-state index contributed by atoms with van der Waals surface area (Å²) < 4.78 is 4.77. The first-order chi connectivity index (χ1) is 25.7. The Morgan fingerprint density at radius 3 is 1.27 bits per heavy atom. The van der Waals surface area contributed by atoms with E-state index in [0.717, 1.165) is 22.7 Å². The van der Waals surface area contributed by atoms with Gasteiger partial charge in [-0.1, -0.05) is 103 Å². The molecule has 2 heterocycles. The molecule has 0 saturated heterocycles. The van der Waals surface area contributed by atoms with Crippen LogP contribution < -0.4 is 4.90 Å². The zero-order valence-corrected chi connectivity index (χ0v) is 28.8. The summed E-state index contributed by atoms with van der Waals surface area (Å²) in [7, 11) is 0. The molecule has 10 aromatic rings. The molecule has 0 fully saturated rings. The van der Waals surface area contributed by atoms with E-state index in [0.29, 0.717) is 0 Å². The van der Waals surface area contributed by atoms with Gasteiger partial charge < -0.3 is 14.0 Å². The fourth-order valence-electron chi connectivity index (χ4n) is 7.91. The molecule has 0 aliphatic carbocycles. The van der Waals surface area contributed by atoms with Crippen molar-refractivity contribution >= 4 is 60.7 Å². The molecule has 10 rings (SSSR count). The first-order valence-electron chi connectivity index (χ1n) is 17.9. The van der Waals surface area contributed by atoms with E-state index in [4.69, 9.17) is 0 Å². The first kappa shape index (κ1) is 30.0. The predicted octanol–water partition coefficient (Wildman–Crippen LogP) is 13.3. The Morgan fingerprint density at radius 2 is 0.731 bits per heavy atom. The van der Waals surface area contributed by atoms with Crippen molar-refractivity contribution in [3.05, 3.63) is 200 Å². The summed E-state index contributed by atoms with van der Waals surface area (Å²) in [6.45, 7) is 2.13. The molecular weight excluding hydrogens is 631 g/mol. The van der Waals surface area contributed by atoms with Gasteiger partial charge in [0.15, 0.2) is 0 Å². The van der Waals surface area contributed by atoms with E-state index < -0.39 is 0 Å². The zero-order valence-electron chi connectivity index (χ0n) is 28.8. The number of rotatable bonds is 6. The maximum absolute atomic E-state index is 2.40. The van der Waals surface area contributed by atoms with Crippen molar-refractivity contribution in [2.45, 2.75) is 6.92 Å². The summed E-state index contributed by atoms with van der Waals surface area (Å²) in [5.41, 5.74) is 14.2. The summed E-state index contributed by atoms with van der Waals surface area (Å²) in [4.78, 5) is 2.31. The molecule has 3 heteroatoms. The van der Waals surface area contributed by atoms with Gasteiger partial charge in [-0.15, -0.1) is 0 Å². The van der Waals surface area contributed by atoms with Crippen LogP contribution in [0.4, 0.5) is 17.1 Å². The molecule has 0 bridgehead atoms. The van der Waals surface area contributed by atoms with E-state index in [1.165, 1.54) is 66.0 Å². The van der Waals surface area contributed by atoms with E-state index in [1.54, 1.807) is 0 Å². The number of aromatic nitrogens is 2. The number of benzene rings is 8. The van der Waals surface area contributed by atoms with Crippen LogP contribution in [0.5, 0.6) is 0 Å². The summed E-state index contributed by atoms with van der Waals surface area (Å²) in [5.74, 6) is 0. The summed E-state index contributed by atoms with van der Waals surface area (Å²) in [6, 6.07) is 70.3. The van der Waals surface area contributed by atoms with Crippen molar-refractivity contribution in [1.82, 2.24) is 9.13 Å². The molecule has 2 aromatic heterocycles. The van der Waals surface area contributed by atoms with Gasteiger partial charge in [-0.2, -0.15) is 0 Å². The third-order valence-corrected chi connectivity index (χ3v) is 10.4. The molecule has 0 saturated carbocycles. The minimum absolute atomic E-state index is 1.12. The van der Waals surface area contributed by atoms with Gasteiger partial charge in [-0.25, -0.2) is 0 Å². The highest BCUT2D eigenvalue weighted by Gasteiger charge is 2.17. The molecule has 0 N–H and O–H groups in total. The van der Waals surface area contributed by atoms with Crippen LogP contribution in [0.2, 0.25) is 0 Å². The number of fused-ring (bicyclic) bond motifs is 6. The molecule has 0 aliphatic rings. The molecular formula is C49H35N3. The standard InChI is InChI=1S/C49H35N3/c1-34-20-24-39(25-21-34)50(37-12-4-2-5-13-37)40-26-28-41(29-27-40)52-47-19-11-9-17-43(47)45-33-36(23-31-49(45)52)35-22-30-48-44(32-35)42-16-8-10-18-46(42)51(48)38-14-6-3-7-15-38/h2-33H,1H3. The average molecular weight is 666 g/mol. The van der Waals surface area contributed by atoms with Gasteiger partial charge in [-0.3, -0.25) is 0 Å². The van der Waals surface area contributed by atoms with Crippen LogP contribution in [0.25, 0.3) is 66.1 Å². The first-order valence-corrected chi connectivity index (χ1v) is 17.9.